The summed E-state index contributed by atoms with van der Waals surface area (Å²) in [5, 5.41) is 12.0. The standard InChI is InChI=1S/C12H19NOS/c1-9(12-7-4-8-15-12)13(2)10-5-3-6-11(10)14/h4,7-11,14H,3,5-6H2,1-2H3/t9?,10-,11-/m1/s1. The minimum atomic E-state index is -0.127. The van der Waals surface area contributed by atoms with Crippen LogP contribution in [0.25, 0.3) is 0 Å². The van der Waals surface area contributed by atoms with Crippen molar-refractivity contribution in [2.24, 2.45) is 0 Å². The van der Waals surface area contributed by atoms with E-state index in [4.69, 9.17) is 0 Å². The van der Waals surface area contributed by atoms with Crippen molar-refractivity contribution in [2.75, 3.05) is 7.05 Å². The quantitative estimate of drug-likeness (QED) is 0.855. The first-order chi connectivity index (χ1) is 7.20. The molecule has 1 aliphatic rings. The van der Waals surface area contributed by atoms with Gasteiger partial charge in [-0.1, -0.05) is 6.07 Å². The number of aliphatic hydroxyl groups is 1. The number of thiophene rings is 1. The maximum atomic E-state index is 9.87. The van der Waals surface area contributed by atoms with E-state index >= 15 is 0 Å². The molecule has 0 aliphatic heterocycles. The molecule has 0 bridgehead atoms. The maximum Gasteiger partial charge on any atom is 0.0695 e. The first-order valence-electron chi connectivity index (χ1n) is 5.63. The van der Waals surface area contributed by atoms with Crippen molar-refractivity contribution in [3.8, 4) is 0 Å². The summed E-state index contributed by atoms with van der Waals surface area (Å²) in [4.78, 5) is 3.71. The van der Waals surface area contributed by atoms with Crippen molar-refractivity contribution in [1.82, 2.24) is 4.90 Å². The monoisotopic (exact) mass is 225 g/mol. The van der Waals surface area contributed by atoms with E-state index in [-0.39, 0.29) is 6.10 Å². The zero-order valence-corrected chi connectivity index (χ0v) is 10.2. The third-order valence-corrected chi connectivity index (χ3v) is 4.58. The molecule has 3 atom stereocenters. The summed E-state index contributed by atoms with van der Waals surface area (Å²) in [6, 6.07) is 5.03. The van der Waals surface area contributed by atoms with Crippen LogP contribution in [0.2, 0.25) is 0 Å². The third-order valence-electron chi connectivity index (χ3n) is 3.53. The fourth-order valence-electron chi connectivity index (χ4n) is 2.41. The highest BCUT2D eigenvalue weighted by Gasteiger charge is 2.31. The van der Waals surface area contributed by atoms with E-state index in [1.54, 1.807) is 11.3 Å². The van der Waals surface area contributed by atoms with Gasteiger partial charge < -0.3 is 5.11 Å². The molecule has 2 nitrogen and oxygen atoms in total. The molecule has 1 aliphatic carbocycles. The second kappa shape index (κ2) is 4.64. The molecule has 3 heteroatoms. The molecule has 0 radical (unpaired) electrons. The van der Waals surface area contributed by atoms with Gasteiger partial charge in [-0.05, 0) is 44.7 Å². The average Bonchev–Trinajstić information content (AvgIpc) is 2.85. The van der Waals surface area contributed by atoms with E-state index in [2.05, 4.69) is 36.4 Å². The topological polar surface area (TPSA) is 23.5 Å². The van der Waals surface area contributed by atoms with Crippen LogP contribution >= 0.6 is 11.3 Å². The second-order valence-electron chi connectivity index (χ2n) is 4.42. The van der Waals surface area contributed by atoms with Crippen molar-refractivity contribution in [3.63, 3.8) is 0 Å². The Morgan fingerprint density at radius 2 is 2.33 bits per heavy atom. The molecule has 1 heterocycles. The van der Waals surface area contributed by atoms with Gasteiger partial charge in [-0.3, -0.25) is 4.90 Å². The highest BCUT2D eigenvalue weighted by molar-refractivity contribution is 7.10. The third kappa shape index (κ3) is 2.25. The Kier molecular flexibility index (Phi) is 3.44. The number of aliphatic hydroxyl groups excluding tert-OH is 1. The van der Waals surface area contributed by atoms with E-state index in [9.17, 15) is 5.11 Å². The summed E-state index contributed by atoms with van der Waals surface area (Å²) >= 11 is 1.80. The highest BCUT2D eigenvalue weighted by Crippen LogP contribution is 2.31. The first kappa shape index (κ1) is 11.1. The molecule has 84 valence electrons. The number of likely N-dealkylation sites (N-methyl/N-ethyl adjacent to an activating group) is 1. The molecule has 1 fully saturated rings. The molecule has 2 rings (SSSR count). The fourth-order valence-corrected chi connectivity index (χ4v) is 3.25. The van der Waals surface area contributed by atoms with Crippen LogP contribution in [0.5, 0.6) is 0 Å². The Balaban J connectivity index is 2.04. The van der Waals surface area contributed by atoms with Gasteiger partial charge in [0.1, 0.15) is 0 Å². The van der Waals surface area contributed by atoms with E-state index < -0.39 is 0 Å². The van der Waals surface area contributed by atoms with Crippen molar-refractivity contribution in [2.45, 2.75) is 44.4 Å². The molecule has 1 unspecified atom stereocenters. The van der Waals surface area contributed by atoms with E-state index in [1.807, 2.05) is 0 Å². The van der Waals surface area contributed by atoms with Gasteiger partial charge in [-0.15, -0.1) is 11.3 Å². The number of rotatable bonds is 3. The van der Waals surface area contributed by atoms with E-state index in [1.165, 1.54) is 4.88 Å². The fraction of sp³-hybridized carbons (Fsp3) is 0.667. The predicted molar refractivity (Wildman–Crippen MR) is 64.1 cm³/mol. The lowest BCUT2D eigenvalue weighted by molar-refractivity contribution is 0.0663. The molecule has 0 saturated heterocycles. The van der Waals surface area contributed by atoms with Crippen LogP contribution in [0.3, 0.4) is 0 Å². The number of nitrogens with zero attached hydrogens (tertiary/aromatic N) is 1. The van der Waals surface area contributed by atoms with E-state index in [0.717, 1.165) is 19.3 Å². The van der Waals surface area contributed by atoms with Crippen LogP contribution in [0.1, 0.15) is 37.1 Å². The van der Waals surface area contributed by atoms with Crippen molar-refractivity contribution >= 4 is 11.3 Å². The largest absolute Gasteiger partial charge is 0.391 e. The predicted octanol–water partition coefficient (Wildman–Crippen LogP) is 2.65. The Morgan fingerprint density at radius 1 is 1.53 bits per heavy atom. The minimum Gasteiger partial charge on any atom is -0.391 e. The van der Waals surface area contributed by atoms with Gasteiger partial charge in [-0.25, -0.2) is 0 Å². The van der Waals surface area contributed by atoms with Gasteiger partial charge in [0, 0.05) is 17.0 Å². The lowest BCUT2D eigenvalue weighted by Crippen LogP contribution is -2.38. The molecule has 1 N–H and O–H groups in total. The molecule has 1 saturated carbocycles. The second-order valence-corrected chi connectivity index (χ2v) is 5.40. The highest BCUT2D eigenvalue weighted by atomic mass is 32.1. The summed E-state index contributed by atoms with van der Waals surface area (Å²) < 4.78 is 0. The summed E-state index contributed by atoms with van der Waals surface area (Å²) in [6.45, 7) is 2.22. The molecule has 15 heavy (non-hydrogen) atoms. The summed E-state index contributed by atoms with van der Waals surface area (Å²) in [5.41, 5.74) is 0. The molecular formula is C12H19NOS. The summed E-state index contributed by atoms with van der Waals surface area (Å²) in [5.74, 6) is 0. The van der Waals surface area contributed by atoms with Gasteiger partial charge in [0.05, 0.1) is 6.10 Å². The number of hydrogen-bond acceptors (Lipinski definition) is 3. The molecular weight excluding hydrogens is 206 g/mol. The van der Waals surface area contributed by atoms with Gasteiger partial charge in [0.15, 0.2) is 0 Å². The molecule has 1 aromatic rings. The minimum absolute atomic E-state index is 0.127. The normalized spacial score (nSPS) is 28.5. The Labute approximate surface area is 95.5 Å². The Hall–Kier alpha value is -0.380. The van der Waals surface area contributed by atoms with Crippen LogP contribution in [-0.2, 0) is 0 Å². The lowest BCUT2D eigenvalue weighted by atomic mass is 10.1. The van der Waals surface area contributed by atoms with Crippen molar-refractivity contribution in [3.05, 3.63) is 22.4 Å². The Bertz CT molecular complexity index is 299. The van der Waals surface area contributed by atoms with Gasteiger partial charge in [0.2, 0.25) is 0 Å². The average molecular weight is 225 g/mol. The zero-order valence-electron chi connectivity index (χ0n) is 9.39. The maximum absolute atomic E-state index is 9.87. The van der Waals surface area contributed by atoms with Crippen molar-refractivity contribution < 1.29 is 5.11 Å². The van der Waals surface area contributed by atoms with Crippen LogP contribution in [0, 0.1) is 0 Å². The van der Waals surface area contributed by atoms with Crippen LogP contribution in [0.15, 0.2) is 17.5 Å². The molecule has 0 aromatic carbocycles. The van der Waals surface area contributed by atoms with Gasteiger partial charge in [-0.2, -0.15) is 0 Å². The van der Waals surface area contributed by atoms with Crippen LogP contribution in [0.4, 0.5) is 0 Å². The smallest absolute Gasteiger partial charge is 0.0695 e. The lowest BCUT2D eigenvalue weighted by Gasteiger charge is -2.32. The molecule has 1 aromatic heterocycles. The molecule has 0 spiro atoms. The van der Waals surface area contributed by atoms with Gasteiger partial charge >= 0.3 is 0 Å². The van der Waals surface area contributed by atoms with Crippen LogP contribution in [-0.4, -0.2) is 29.2 Å². The van der Waals surface area contributed by atoms with E-state index in [0.29, 0.717) is 12.1 Å². The molecule has 0 amide bonds. The van der Waals surface area contributed by atoms with Gasteiger partial charge in [0.25, 0.3) is 0 Å². The SMILES string of the molecule is CC(c1cccs1)N(C)[C@@H]1CCC[C@H]1O. The van der Waals surface area contributed by atoms with Crippen LogP contribution < -0.4 is 0 Å². The first-order valence-corrected chi connectivity index (χ1v) is 6.51. The number of hydrogen-bond donors (Lipinski definition) is 1. The summed E-state index contributed by atoms with van der Waals surface area (Å²) in [7, 11) is 2.13. The Morgan fingerprint density at radius 3 is 2.87 bits per heavy atom. The zero-order chi connectivity index (χ0) is 10.8. The summed E-state index contributed by atoms with van der Waals surface area (Å²) in [6.07, 6.45) is 3.13. The van der Waals surface area contributed by atoms with Crippen molar-refractivity contribution in [1.29, 1.82) is 0 Å².